The number of amides is 2. The summed E-state index contributed by atoms with van der Waals surface area (Å²) in [6.45, 7) is 2.30. The molecule has 2 amide bonds. The minimum atomic E-state index is -0.693. The van der Waals surface area contributed by atoms with Gasteiger partial charge in [-0.3, -0.25) is 9.59 Å². The molecule has 1 saturated carbocycles. The van der Waals surface area contributed by atoms with Crippen molar-refractivity contribution in [1.29, 1.82) is 0 Å². The summed E-state index contributed by atoms with van der Waals surface area (Å²) in [5, 5.41) is 5.57. The van der Waals surface area contributed by atoms with Gasteiger partial charge in [-0.05, 0) is 25.3 Å². The molecule has 20 heavy (non-hydrogen) atoms. The van der Waals surface area contributed by atoms with Gasteiger partial charge in [-0.1, -0.05) is 29.8 Å². The molecule has 1 aliphatic rings. The molecule has 108 valence electrons. The molecule has 1 atom stereocenters. The quantitative estimate of drug-likeness (QED) is 0.717. The van der Waals surface area contributed by atoms with Crippen LogP contribution in [0.1, 0.15) is 36.4 Å². The van der Waals surface area contributed by atoms with Crippen molar-refractivity contribution >= 4 is 11.8 Å². The maximum absolute atomic E-state index is 11.9. The Morgan fingerprint density at radius 2 is 1.95 bits per heavy atom. The van der Waals surface area contributed by atoms with Crippen LogP contribution in [-0.2, 0) is 9.59 Å². The molecular formula is C15H21N3O2. The Bertz CT molecular complexity index is 480. The number of aryl methyl sites for hydroxylation is 1. The molecule has 1 aliphatic carbocycles. The molecule has 0 radical (unpaired) electrons. The SMILES string of the molecule is Cc1ccc(C(N)C(=O)NCCC(=O)NC2CC2)cc1. The van der Waals surface area contributed by atoms with Crippen LogP contribution in [0.5, 0.6) is 0 Å². The Balaban J connectivity index is 1.73. The highest BCUT2D eigenvalue weighted by molar-refractivity contribution is 5.83. The van der Waals surface area contributed by atoms with Crippen molar-refractivity contribution in [2.45, 2.75) is 38.3 Å². The zero-order valence-corrected chi connectivity index (χ0v) is 11.7. The monoisotopic (exact) mass is 275 g/mol. The van der Waals surface area contributed by atoms with E-state index in [1.165, 1.54) is 0 Å². The van der Waals surface area contributed by atoms with Gasteiger partial charge in [-0.25, -0.2) is 0 Å². The standard InChI is InChI=1S/C15H21N3O2/c1-10-2-4-11(5-3-10)14(16)15(20)17-9-8-13(19)18-12-6-7-12/h2-5,12,14H,6-9,16H2,1H3,(H,17,20)(H,18,19). The third-order valence-corrected chi connectivity index (χ3v) is 3.31. The van der Waals surface area contributed by atoms with Crippen LogP contribution in [0.15, 0.2) is 24.3 Å². The first-order valence-electron chi connectivity index (χ1n) is 6.95. The lowest BCUT2D eigenvalue weighted by molar-refractivity contribution is -0.123. The Labute approximate surface area is 118 Å². The smallest absolute Gasteiger partial charge is 0.241 e. The molecule has 0 aromatic heterocycles. The van der Waals surface area contributed by atoms with Gasteiger partial charge in [-0.2, -0.15) is 0 Å². The van der Waals surface area contributed by atoms with Crippen molar-refractivity contribution in [3.05, 3.63) is 35.4 Å². The fraction of sp³-hybridized carbons (Fsp3) is 0.467. The summed E-state index contributed by atoms with van der Waals surface area (Å²) in [5.74, 6) is -0.273. The molecule has 1 fully saturated rings. The molecular weight excluding hydrogens is 254 g/mol. The van der Waals surface area contributed by atoms with Crippen LogP contribution in [0.3, 0.4) is 0 Å². The van der Waals surface area contributed by atoms with E-state index in [1.807, 2.05) is 31.2 Å². The second-order valence-corrected chi connectivity index (χ2v) is 5.27. The van der Waals surface area contributed by atoms with Gasteiger partial charge >= 0.3 is 0 Å². The van der Waals surface area contributed by atoms with Crippen molar-refractivity contribution in [3.8, 4) is 0 Å². The lowest BCUT2D eigenvalue weighted by atomic mass is 10.1. The molecule has 0 spiro atoms. The second-order valence-electron chi connectivity index (χ2n) is 5.27. The lowest BCUT2D eigenvalue weighted by Crippen LogP contribution is -2.37. The number of benzene rings is 1. The van der Waals surface area contributed by atoms with E-state index in [-0.39, 0.29) is 11.8 Å². The maximum Gasteiger partial charge on any atom is 0.241 e. The molecule has 4 N–H and O–H groups in total. The molecule has 1 aromatic rings. The summed E-state index contributed by atoms with van der Waals surface area (Å²) < 4.78 is 0. The molecule has 1 aromatic carbocycles. The average Bonchev–Trinajstić information content (AvgIpc) is 3.22. The van der Waals surface area contributed by atoms with E-state index >= 15 is 0 Å². The number of carbonyl (C=O) groups excluding carboxylic acids is 2. The van der Waals surface area contributed by atoms with Crippen molar-refractivity contribution < 1.29 is 9.59 Å². The molecule has 2 rings (SSSR count). The van der Waals surface area contributed by atoms with E-state index in [9.17, 15) is 9.59 Å². The fourth-order valence-corrected chi connectivity index (χ4v) is 1.86. The first-order chi connectivity index (χ1) is 9.56. The molecule has 0 aliphatic heterocycles. The first kappa shape index (κ1) is 14.5. The summed E-state index contributed by atoms with van der Waals surface area (Å²) in [6, 6.07) is 7.20. The van der Waals surface area contributed by atoms with E-state index in [0.717, 1.165) is 24.0 Å². The molecule has 0 bridgehead atoms. The second kappa shape index (κ2) is 6.52. The van der Waals surface area contributed by atoms with Crippen molar-refractivity contribution in [1.82, 2.24) is 10.6 Å². The zero-order valence-electron chi connectivity index (χ0n) is 11.7. The molecule has 1 unspecified atom stereocenters. The van der Waals surface area contributed by atoms with Crippen molar-refractivity contribution in [3.63, 3.8) is 0 Å². The van der Waals surface area contributed by atoms with Gasteiger partial charge in [0.05, 0.1) is 0 Å². The summed E-state index contributed by atoms with van der Waals surface area (Å²) in [4.78, 5) is 23.3. The van der Waals surface area contributed by atoms with Crippen LogP contribution < -0.4 is 16.4 Å². The number of nitrogens with one attached hydrogen (secondary N) is 2. The van der Waals surface area contributed by atoms with Crippen LogP contribution in [0.25, 0.3) is 0 Å². The molecule has 5 nitrogen and oxygen atoms in total. The summed E-state index contributed by atoms with van der Waals surface area (Å²) >= 11 is 0. The van der Waals surface area contributed by atoms with Gasteiger partial charge in [0, 0.05) is 19.0 Å². The van der Waals surface area contributed by atoms with Crippen LogP contribution in [0.2, 0.25) is 0 Å². The maximum atomic E-state index is 11.9. The number of hydrogen-bond acceptors (Lipinski definition) is 3. The van der Waals surface area contributed by atoms with Gasteiger partial charge in [-0.15, -0.1) is 0 Å². The Kier molecular flexibility index (Phi) is 4.74. The molecule has 5 heteroatoms. The van der Waals surface area contributed by atoms with E-state index < -0.39 is 6.04 Å². The van der Waals surface area contributed by atoms with Crippen LogP contribution in [0.4, 0.5) is 0 Å². The lowest BCUT2D eigenvalue weighted by Gasteiger charge is -2.12. The van der Waals surface area contributed by atoms with Gasteiger partial charge in [0.15, 0.2) is 0 Å². The Hall–Kier alpha value is -1.88. The number of carbonyl (C=O) groups is 2. The van der Waals surface area contributed by atoms with Crippen molar-refractivity contribution in [2.75, 3.05) is 6.54 Å². The van der Waals surface area contributed by atoms with Crippen molar-refractivity contribution in [2.24, 2.45) is 5.73 Å². The van der Waals surface area contributed by atoms with Gasteiger partial charge in [0.2, 0.25) is 11.8 Å². The minimum absolute atomic E-state index is 0.0169. The van der Waals surface area contributed by atoms with Gasteiger partial charge in [0.25, 0.3) is 0 Å². The average molecular weight is 275 g/mol. The minimum Gasteiger partial charge on any atom is -0.354 e. The summed E-state index contributed by atoms with van der Waals surface area (Å²) in [5.41, 5.74) is 7.78. The van der Waals surface area contributed by atoms with Crippen LogP contribution in [0, 0.1) is 6.92 Å². The zero-order chi connectivity index (χ0) is 14.5. The summed E-state index contributed by atoms with van der Waals surface area (Å²) in [7, 11) is 0. The normalized spacial score (nSPS) is 15.5. The van der Waals surface area contributed by atoms with E-state index in [1.54, 1.807) is 0 Å². The third kappa shape index (κ3) is 4.35. The highest BCUT2D eigenvalue weighted by atomic mass is 16.2. The van der Waals surface area contributed by atoms with E-state index in [4.69, 9.17) is 5.73 Å². The van der Waals surface area contributed by atoms with E-state index in [0.29, 0.717) is 19.0 Å². The van der Waals surface area contributed by atoms with Crippen LogP contribution in [-0.4, -0.2) is 24.4 Å². The highest BCUT2D eigenvalue weighted by Gasteiger charge is 2.23. The van der Waals surface area contributed by atoms with Crippen LogP contribution >= 0.6 is 0 Å². The molecule has 0 saturated heterocycles. The highest BCUT2D eigenvalue weighted by Crippen LogP contribution is 2.18. The first-order valence-corrected chi connectivity index (χ1v) is 6.95. The third-order valence-electron chi connectivity index (χ3n) is 3.31. The predicted octanol–water partition coefficient (Wildman–Crippen LogP) is 0.780. The number of rotatable bonds is 6. The number of hydrogen-bond donors (Lipinski definition) is 3. The summed E-state index contributed by atoms with van der Waals surface area (Å²) in [6.07, 6.45) is 2.43. The number of nitrogens with two attached hydrogens (primary N) is 1. The Morgan fingerprint density at radius 1 is 1.30 bits per heavy atom. The fourth-order valence-electron chi connectivity index (χ4n) is 1.86. The topological polar surface area (TPSA) is 84.2 Å². The Morgan fingerprint density at radius 3 is 2.55 bits per heavy atom. The van der Waals surface area contributed by atoms with Gasteiger partial charge in [0.1, 0.15) is 6.04 Å². The van der Waals surface area contributed by atoms with Gasteiger partial charge < -0.3 is 16.4 Å². The van der Waals surface area contributed by atoms with E-state index in [2.05, 4.69) is 10.6 Å². The predicted molar refractivity (Wildman–Crippen MR) is 76.9 cm³/mol. The molecule has 0 heterocycles. The largest absolute Gasteiger partial charge is 0.354 e.